The standard InChI is InChI=1S/C16H25NO2/c1-12-9-13(11-17-5-7-19-8-6-17)15(18)14(10-12)16(2,3)4/h9-10,18H,5-8,11H2,1-4H3. The highest BCUT2D eigenvalue weighted by molar-refractivity contribution is 5.46. The van der Waals surface area contributed by atoms with Crippen LogP contribution in [0.3, 0.4) is 0 Å². The van der Waals surface area contributed by atoms with Crippen LogP contribution < -0.4 is 0 Å². The van der Waals surface area contributed by atoms with E-state index in [0.717, 1.165) is 44.0 Å². The summed E-state index contributed by atoms with van der Waals surface area (Å²) in [4.78, 5) is 2.34. The molecule has 0 unspecified atom stereocenters. The van der Waals surface area contributed by atoms with Gasteiger partial charge in [-0.3, -0.25) is 4.90 Å². The predicted octanol–water partition coefficient (Wildman–Crippen LogP) is 2.83. The molecule has 3 heteroatoms. The second-order valence-electron chi connectivity index (χ2n) is 6.46. The van der Waals surface area contributed by atoms with Crippen LogP contribution in [0, 0.1) is 6.92 Å². The second-order valence-corrected chi connectivity index (χ2v) is 6.46. The van der Waals surface area contributed by atoms with Crippen LogP contribution in [0.25, 0.3) is 0 Å². The SMILES string of the molecule is Cc1cc(CN2CCOCC2)c(O)c(C(C)(C)C)c1. The molecule has 0 radical (unpaired) electrons. The quantitative estimate of drug-likeness (QED) is 0.890. The van der Waals surface area contributed by atoms with Gasteiger partial charge in [-0.2, -0.15) is 0 Å². The maximum atomic E-state index is 10.5. The third kappa shape index (κ3) is 3.48. The van der Waals surface area contributed by atoms with Crippen molar-refractivity contribution in [3.63, 3.8) is 0 Å². The van der Waals surface area contributed by atoms with E-state index in [2.05, 4.69) is 44.7 Å². The van der Waals surface area contributed by atoms with E-state index in [-0.39, 0.29) is 5.41 Å². The summed E-state index contributed by atoms with van der Waals surface area (Å²) in [6.07, 6.45) is 0. The zero-order valence-corrected chi connectivity index (χ0v) is 12.5. The summed E-state index contributed by atoms with van der Waals surface area (Å²) in [5.41, 5.74) is 3.25. The Hall–Kier alpha value is -1.06. The third-order valence-corrected chi connectivity index (χ3v) is 3.64. The fourth-order valence-corrected chi connectivity index (χ4v) is 2.55. The lowest BCUT2D eigenvalue weighted by atomic mass is 9.84. The monoisotopic (exact) mass is 263 g/mol. The number of aromatic hydroxyl groups is 1. The largest absolute Gasteiger partial charge is 0.507 e. The van der Waals surface area contributed by atoms with Crippen LogP contribution in [0.1, 0.15) is 37.5 Å². The topological polar surface area (TPSA) is 32.7 Å². The van der Waals surface area contributed by atoms with E-state index < -0.39 is 0 Å². The maximum absolute atomic E-state index is 10.5. The molecule has 1 aliphatic heterocycles. The molecule has 1 N–H and O–H groups in total. The summed E-state index contributed by atoms with van der Waals surface area (Å²) in [5.74, 6) is 0.463. The molecule has 0 aliphatic carbocycles. The van der Waals surface area contributed by atoms with Crippen LogP contribution in [0.15, 0.2) is 12.1 Å². The van der Waals surface area contributed by atoms with Gasteiger partial charge in [-0.25, -0.2) is 0 Å². The number of aryl methyl sites for hydroxylation is 1. The summed E-state index contributed by atoms with van der Waals surface area (Å²) >= 11 is 0. The summed E-state index contributed by atoms with van der Waals surface area (Å²) in [7, 11) is 0. The van der Waals surface area contributed by atoms with E-state index in [0.29, 0.717) is 5.75 Å². The first-order valence-electron chi connectivity index (χ1n) is 7.01. The number of rotatable bonds is 2. The molecule has 0 saturated carbocycles. The van der Waals surface area contributed by atoms with Gasteiger partial charge in [-0.05, 0) is 17.9 Å². The zero-order valence-electron chi connectivity index (χ0n) is 12.5. The van der Waals surface area contributed by atoms with Gasteiger partial charge in [0, 0.05) is 25.2 Å². The highest BCUT2D eigenvalue weighted by Crippen LogP contribution is 2.34. The number of hydrogen-bond acceptors (Lipinski definition) is 3. The molecule has 1 aromatic carbocycles. The van der Waals surface area contributed by atoms with Crippen molar-refractivity contribution < 1.29 is 9.84 Å². The van der Waals surface area contributed by atoms with E-state index in [4.69, 9.17) is 4.74 Å². The van der Waals surface area contributed by atoms with Crippen molar-refractivity contribution in [3.8, 4) is 5.75 Å². The van der Waals surface area contributed by atoms with Crippen molar-refractivity contribution >= 4 is 0 Å². The highest BCUT2D eigenvalue weighted by atomic mass is 16.5. The Morgan fingerprint density at radius 2 is 1.84 bits per heavy atom. The van der Waals surface area contributed by atoms with Gasteiger partial charge in [0.05, 0.1) is 13.2 Å². The minimum Gasteiger partial charge on any atom is -0.507 e. The van der Waals surface area contributed by atoms with Crippen molar-refractivity contribution in [1.29, 1.82) is 0 Å². The summed E-state index contributed by atoms with van der Waals surface area (Å²) < 4.78 is 5.37. The van der Waals surface area contributed by atoms with Crippen LogP contribution in [-0.4, -0.2) is 36.3 Å². The van der Waals surface area contributed by atoms with Gasteiger partial charge >= 0.3 is 0 Å². The second kappa shape index (κ2) is 5.51. The predicted molar refractivity (Wildman–Crippen MR) is 77.6 cm³/mol. The Labute approximate surface area is 116 Å². The summed E-state index contributed by atoms with van der Waals surface area (Å²) in [5, 5.41) is 10.5. The molecular formula is C16H25NO2. The van der Waals surface area contributed by atoms with Crippen molar-refractivity contribution in [2.45, 2.75) is 39.7 Å². The lowest BCUT2D eigenvalue weighted by Crippen LogP contribution is -2.35. The number of ether oxygens (including phenoxy) is 1. The van der Waals surface area contributed by atoms with E-state index in [1.165, 1.54) is 5.56 Å². The molecule has 1 aromatic rings. The Bertz CT molecular complexity index is 443. The molecule has 3 nitrogen and oxygen atoms in total. The number of nitrogens with zero attached hydrogens (tertiary/aromatic N) is 1. The lowest BCUT2D eigenvalue weighted by Gasteiger charge is -2.28. The van der Waals surface area contributed by atoms with Crippen molar-refractivity contribution in [2.75, 3.05) is 26.3 Å². The van der Waals surface area contributed by atoms with Gasteiger partial charge in [0.2, 0.25) is 0 Å². The Kier molecular flexibility index (Phi) is 4.16. The van der Waals surface area contributed by atoms with Gasteiger partial charge in [-0.1, -0.05) is 38.5 Å². The molecule has 2 rings (SSSR count). The smallest absolute Gasteiger partial charge is 0.123 e. The van der Waals surface area contributed by atoms with Crippen LogP contribution in [0.5, 0.6) is 5.75 Å². The van der Waals surface area contributed by atoms with Gasteiger partial charge in [-0.15, -0.1) is 0 Å². The number of phenolic OH excluding ortho intramolecular Hbond substituents is 1. The molecule has 0 aromatic heterocycles. The van der Waals surface area contributed by atoms with E-state index >= 15 is 0 Å². The minimum absolute atomic E-state index is 0.0319. The Morgan fingerprint density at radius 1 is 1.21 bits per heavy atom. The highest BCUT2D eigenvalue weighted by Gasteiger charge is 2.22. The molecule has 1 heterocycles. The molecule has 1 fully saturated rings. The first kappa shape index (κ1) is 14.4. The van der Waals surface area contributed by atoms with Crippen molar-refractivity contribution in [3.05, 3.63) is 28.8 Å². The minimum atomic E-state index is -0.0319. The van der Waals surface area contributed by atoms with Crippen LogP contribution in [-0.2, 0) is 16.7 Å². The average molecular weight is 263 g/mol. The van der Waals surface area contributed by atoms with Gasteiger partial charge in [0.15, 0.2) is 0 Å². The first-order valence-corrected chi connectivity index (χ1v) is 7.01. The number of benzene rings is 1. The first-order chi connectivity index (χ1) is 8.88. The number of hydrogen-bond donors (Lipinski definition) is 1. The van der Waals surface area contributed by atoms with Crippen molar-refractivity contribution in [1.82, 2.24) is 4.90 Å². The summed E-state index contributed by atoms with van der Waals surface area (Å²) in [6, 6.07) is 4.19. The van der Waals surface area contributed by atoms with Crippen molar-refractivity contribution in [2.24, 2.45) is 0 Å². The van der Waals surface area contributed by atoms with Gasteiger partial charge < -0.3 is 9.84 Å². The molecule has 1 saturated heterocycles. The Morgan fingerprint density at radius 3 is 2.42 bits per heavy atom. The molecule has 0 spiro atoms. The van der Waals surface area contributed by atoms with Crippen LogP contribution >= 0.6 is 0 Å². The molecule has 1 aliphatic rings. The fourth-order valence-electron chi connectivity index (χ4n) is 2.55. The van der Waals surface area contributed by atoms with Gasteiger partial charge in [0.25, 0.3) is 0 Å². The van der Waals surface area contributed by atoms with Crippen LogP contribution in [0.2, 0.25) is 0 Å². The third-order valence-electron chi connectivity index (χ3n) is 3.64. The van der Waals surface area contributed by atoms with Crippen LogP contribution in [0.4, 0.5) is 0 Å². The number of phenols is 1. The molecule has 19 heavy (non-hydrogen) atoms. The van der Waals surface area contributed by atoms with E-state index in [1.54, 1.807) is 0 Å². The molecule has 0 atom stereocenters. The number of morpholine rings is 1. The fraction of sp³-hybridized carbons (Fsp3) is 0.625. The molecule has 106 valence electrons. The molecule has 0 amide bonds. The lowest BCUT2D eigenvalue weighted by molar-refractivity contribution is 0.0338. The van der Waals surface area contributed by atoms with E-state index in [1.807, 2.05) is 0 Å². The Balaban J connectivity index is 2.27. The normalized spacial score (nSPS) is 17.7. The zero-order chi connectivity index (χ0) is 14.0. The maximum Gasteiger partial charge on any atom is 0.123 e. The van der Waals surface area contributed by atoms with E-state index in [9.17, 15) is 5.11 Å². The van der Waals surface area contributed by atoms with Gasteiger partial charge in [0.1, 0.15) is 5.75 Å². The molecule has 0 bridgehead atoms. The summed E-state index contributed by atoms with van der Waals surface area (Å²) in [6.45, 7) is 12.8. The molecular weight excluding hydrogens is 238 g/mol. The average Bonchev–Trinajstić information content (AvgIpc) is 2.33.